The molecule has 2 atom stereocenters. The van der Waals surface area contributed by atoms with Crippen molar-refractivity contribution in [3.05, 3.63) is 0 Å². The summed E-state index contributed by atoms with van der Waals surface area (Å²) in [7, 11) is 0. The first-order valence-corrected chi connectivity index (χ1v) is 8.29. The molecule has 2 unspecified atom stereocenters. The van der Waals surface area contributed by atoms with Gasteiger partial charge in [0.25, 0.3) is 0 Å². The van der Waals surface area contributed by atoms with E-state index >= 15 is 0 Å². The Morgan fingerprint density at radius 1 is 1.43 bits per heavy atom. The van der Waals surface area contributed by atoms with Gasteiger partial charge in [0.2, 0.25) is 5.91 Å². The smallest absolute Gasteiger partial charge is 0.311 e. The Kier molecular flexibility index (Phi) is 5.62. The summed E-state index contributed by atoms with van der Waals surface area (Å²) in [6.45, 7) is 5.12. The lowest BCUT2D eigenvalue weighted by molar-refractivity contribution is -0.149. The van der Waals surface area contributed by atoms with Crippen molar-refractivity contribution in [2.75, 3.05) is 26.2 Å². The summed E-state index contributed by atoms with van der Waals surface area (Å²) in [5.41, 5.74) is -0.698. The first-order chi connectivity index (χ1) is 10.1. The second kappa shape index (κ2) is 7.25. The number of hydrogen-bond donors (Lipinski definition) is 2. The van der Waals surface area contributed by atoms with Crippen LogP contribution in [0, 0.1) is 11.3 Å². The average Bonchev–Trinajstić information content (AvgIpc) is 2.92. The fraction of sp³-hybridized carbons (Fsp3) is 0.875. The van der Waals surface area contributed by atoms with Crippen molar-refractivity contribution in [2.45, 2.75) is 51.9 Å². The monoisotopic (exact) mass is 296 g/mol. The van der Waals surface area contributed by atoms with E-state index in [0.717, 1.165) is 25.9 Å². The van der Waals surface area contributed by atoms with Crippen LogP contribution in [0.25, 0.3) is 0 Å². The standard InChI is InChI=1S/C16H28N2O3/c1-2-7-16(15(20)21)8-10-18(12-16)14(19)6-5-13-4-3-9-17-11-13/h13,17H,2-12H2,1H3,(H,20,21). The average molecular weight is 296 g/mol. The highest BCUT2D eigenvalue weighted by atomic mass is 16.4. The van der Waals surface area contributed by atoms with Gasteiger partial charge in [0.1, 0.15) is 0 Å². The first kappa shape index (κ1) is 16.3. The molecule has 1 amide bonds. The number of piperidine rings is 1. The fourth-order valence-corrected chi connectivity index (χ4v) is 3.71. The van der Waals surface area contributed by atoms with E-state index in [1.807, 2.05) is 6.92 Å². The van der Waals surface area contributed by atoms with Crippen molar-refractivity contribution in [1.82, 2.24) is 10.2 Å². The zero-order valence-corrected chi connectivity index (χ0v) is 13.1. The molecule has 5 nitrogen and oxygen atoms in total. The molecule has 21 heavy (non-hydrogen) atoms. The van der Waals surface area contributed by atoms with Crippen molar-refractivity contribution < 1.29 is 14.7 Å². The Morgan fingerprint density at radius 3 is 2.86 bits per heavy atom. The molecule has 2 N–H and O–H groups in total. The van der Waals surface area contributed by atoms with Gasteiger partial charge >= 0.3 is 5.97 Å². The number of rotatable bonds is 6. The SMILES string of the molecule is CCCC1(C(=O)O)CCN(C(=O)CCC2CCCNC2)C1. The number of likely N-dealkylation sites (tertiary alicyclic amines) is 1. The summed E-state index contributed by atoms with van der Waals surface area (Å²) in [6, 6.07) is 0. The molecule has 5 heteroatoms. The minimum absolute atomic E-state index is 0.139. The van der Waals surface area contributed by atoms with E-state index in [0.29, 0.717) is 38.3 Å². The zero-order chi connectivity index (χ0) is 15.3. The molecular weight excluding hydrogens is 268 g/mol. The number of hydrogen-bond acceptors (Lipinski definition) is 3. The molecule has 0 aliphatic carbocycles. The van der Waals surface area contributed by atoms with Crippen LogP contribution in [0.2, 0.25) is 0 Å². The normalized spacial score (nSPS) is 29.6. The van der Waals surface area contributed by atoms with E-state index in [1.165, 1.54) is 12.8 Å². The third-order valence-electron chi connectivity index (χ3n) is 5.05. The summed E-state index contributed by atoms with van der Waals surface area (Å²) < 4.78 is 0. The van der Waals surface area contributed by atoms with Crippen molar-refractivity contribution in [3.63, 3.8) is 0 Å². The number of amides is 1. The fourth-order valence-electron chi connectivity index (χ4n) is 3.71. The van der Waals surface area contributed by atoms with Crippen LogP contribution in [-0.4, -0.2) is 48.1 Å². The number of aliphatic carboxylic acids is 1. The maximum atomic E-state index is 12.3. The van der Waals surface area contributed by atoms with Gasteiger partial charge in [0.15, 0.2) is 0 Å². The van der Waals surface area contributed by atoms with Crippen LogP contribution in [0.4, 0.5) is 0 Å². The molecule has 0 aromatic rings. The maximum Gasteiger partial charge on any atom is 0.311 e. The summed E-state index contributed by atoms with van der Waals surface area (Å²) in [6.07, 6.45) is 6.01. The maximum absolute atomic E-state index is 12.3. The summed E-state index contributed by atoms with van der Waals surface area (Å²) in [5.74, 6) is 0.00103. The quantitative estimate of drug-likeness (QED) is 0.785. The van der Waals surface area contributed by atoms with Gasteiger partial charge in [-0.15, -0.1) is 0 Å². The Balaban J connectivity index is 1.82. The summed E-state index contributed by atoms with van der Waals surface area (Å²) in [5, 5.41) is 12.9. The molecule has 2 aliphatic rings. The molecule has 0 spiro atoms. The van der Waals surface area contributed by atoms with Gasteiger partial charge in [-0.3, -0.25) is 9.59 Å². The summed E-state index contributed by atoms with van der Waals surface area (Å²) in [4.78, 5) is 25.6. The molecule has 0 radical (unpaired) electrons. The Labute approximate surface area is 127 Å². The number of nitrogens with one attached hydrogen (secondary N) is 1. The lowest BCUT2D eigenvalue weighted by Crippen LogP contribution is -2.37. The van der Waals surface area contributed by atoms with E-state index in [-0.39, 0.29) is 5.91 Å². The van der Waals surface area contributed by atoms with E-state index in [4.69, 9.17) is 0 Å². The van der Waals surface area contributed by atoms with Gasteiger partial charge in [0, 0.05) is 19.5 Å². The number of carboxylic acid groups (broad SMARTS) is 1. The first-order valence-electron chi connectivity index (χ1n) is 8.29. The topological polar surface area (TPSA) is 69.6 Å². The van der Waals surface area contributed by atoms with Crippen LogP contribution < -0.4 is 5.32 Å². The molecule has 0 aromatic heterocycles. The Hall–Kier alpha value is -1.10. The van der Waals surface area contributed by atoms with E-state index in [1.54, 1.807) is 4.90 Å². The van der Waals surface area contributed by atoms with Gasteiger partial charge in [-0.1, -0.05) is 13.3 Å². The number of nitrogens with zero attached hydrogens (tertiary/aromatic N) is 1. The van der Waals surface area contributed by atoms with E-state index in [2.05, 4.69) is 5.32 Å². The summed E-state index contributed by atoms with van der Waals surface area (Å²) >= 11 is 0. The van der Waals surface area contributed by atoms with E-state index in [9.17, 15) is 14.7 Å². The molecule has 2 rings (SSSR count). The molecular formula is C16H28N2O3. The van der Waals surface area contributed by atoms with Gasteiger partial charge < -0.3 is 15.3 Å². The van der Waals surface area contributed by atoms with Gasteiger partial charge in [-0.2, -0.15) is 0 Å². The molecule has 0 saturated carbocycles. The minimum Gasteiger partial charge on any atom is -0.481 e. The van der Waals surface area contributed by atoms with Crippen LogP contribution in [0.15, 0.2) is 0 Å². The molecule has 0 bridgehead atoms. The number of carbonyl (C=O) groups is 2. The Morgan fingerprint density at radius 2 is 2.24 bits per heavy atom. The zero-order valence-electron chi connectivity index (χ0n) is 13.1. The molecule has 120 valence electrons. The molecule has 2 saturated heterocycles. The lowest BCUT2D eigenvalue weighted by atomic mass is 9.83. The lowest BCUT2D eigenvalue weighted by Gasteiger charge is -2.25. The second-order valence-corrected chi connectivity index (χ2v) is 6.65. The van der Waals surface area contributed by atoms with Gasteiger partial charge in [-0.25, -0.2) is 0 Å². The van der Waals surface area contributed by atoms with Crippen LogP contribution in [0.1, 0.15) is 51.9 Å². The molecule has 2 fully saturated rings. The van der Waals surface area contributed by atoms with Crippen molar-refractivity contribution in [1.29, 1.82) is 0 Å². The van der Waals surface area contributed by atoms with Gasteiger partial charge in [0.05, 0.1) is 5.41 Å². The van der Waals surface area contributed by atoms with Crippen LogP contribution in [-0.2, 0) is 9.59 Å². The predicted molar refractivity (Wildman–Crippen MR) is 81.0 cm³/mol. The van der Waals surface area contributed by atoms with Crippen LogP contribution >= 0.6 is 0 Å². The van der Waals surface area contributed by atoms with Gasteiger partial charge in [-0.05, 0) is 51.1 Å². The van der Waals surface area contributed by atoms with Crippen molar-refractivity contribution >= 4 is 11.9 Å². The third-order valence-corrected chi connectivity index (χ3v) is 5.05. The minimum atomic E-state index is -0.740. The highest BCUT2D eigenvalue weighted by Crippen LogP contribution is 2.36. The Bertz CT molecular complexity index is 380. The second-order valence-electron chi connectivity index (χ2n) is 6.65. The third kappa shape index (κ3) is 3.96. The van der Waals surface area contributed by atoms with E-state index < -0.39 is 11.4 Å². The highest BCUT2D eigenvalue weighted by molar-refractivity contribution is 5.80. The molecule has 2 heterocycles. The predicted octanol–water partition coefficient (Wildman–Crippen LogP) is 1.87. The number of carbonyl (C=O) groups excluding carboxylic acids is 1. The van der Waals surface area contributed by atoms with Crippen molar-refractivity contribution in [2.24, 2.45) is 11.3 Å². The van der Waals surface area contributed by atoms with Crippen LogP contribution in [0.5, 0.6) is 0 Å². The largest absolute Gasteiger partial charge is 0.481 e. The van der Waals surface area contributed by atoms with Crippen molar-refractivity contribution in [3.8, 4) is 0 Å². The highest BCUT2D eigenvalue weighted by Gasteiger charge is 2.45. The molecule has 2 aliphatic heterocycles. The van der Waals surface area contributed by atoms with Crippen LogP contribution in [0.3, 0.4) is 0 Å². The number of carboxylic acids is 1. The molecule has 0 aromatic carbocycles.